The molecule has 1 spiro atoms. The van der Waals surface area contributed by atoms with E-state index in [0.29, 0.717) is 0 Å². The smallest absolute Gasteiger partial charge is 0.0755 e. The summed E-state index contributed by atoms with van der Waals surface area (Å²) >= 11 is 0. The minimum Gasteiger partial charge on any atom is -0.310 e. The van der Waals surface area contributed by atoms with Crippen molar-refractivity contribution in [3.05, 3.63) is 283 Å². The van der Waals surface area contributed by atoms with Crippen LogP contribution in [0.2, 0.25) is 0 Å². The van der Waals surface area contributed by atoms with E-state index in [1.54, 1.807) is 0 Å². The van der Waals surface area contributed by atoms with Gasteiger partial charge in [0, 0.05) is 44.2 Å². The van der Waals surface area contributed by atoms with Crippen LogP contribution in [0, 0.1) is 0 Å². The highest BCUT2D eigenvalue weighted by molar-refractivity contribution is 6.13. The molecule has 2 aliphatic rings. The van der Waals surface area contributed by atoms with Crippen LogP contribution in [0.1, 0.15) is 22.3 Å². The molecule has 1 aliphatic carbocycles. The molecule has 0 saturated carbocycles. The zero-order valence-corrected chi connectivity index (χ0v) is 38.2. The molecule has 0 N–H and O–H groups in total. The maximum Gasteiger partial charge on any atom is 0.0755 e. The summed E-state index contributed by atoms with van der Waals surface area (Å²) in [5.74, 6) is 0. The van der Waals surface area contributed by atoms with Crippen LogP contribution in [0.4, 0.5) is 17.1 Å². The lowest BCUT2D eigenvalue weighted by atomic mass is 9.65. The van der Waals surface area contributed by atoms with Crippen LogP contribution in [0.25, 0.3) is 88.4 Å². The van der Waals surface area contributed by atoms with Crippen LogP contribution in [0.3, 0.4) is 0 Å². The normalized spacial score (nSPS) is 14.3. The fourth-order valence-electron chi connectivity index (χ4n) is 12.6. The van der Waals surface area contributed by atoms with Crippen molar-refractivity contribution in [2.75, 3.05) is 4.90 Å². The molecule has 3 heteroatoms. The maximum atomic E-state index is 2.52. The van der Waals surface area contributed by atoms with Crippen LogP contribution >= 0.6 is 0 Å². The number of fused-ring (bicyclic) bond motifs is 15. The zero-order valence-electron chi connectivity index (χ0n) is 38.2. The molecule has 11 aromatic carbocycles. The third-order valence-corrected chi connectivity index (χ3v) is 15.3. The molecule has 0 bridgehead atoms. The Balaban J connectivity index is 1.00. The Morgan fingerprint density at radius 1 is 0.300 bits per heavy atom. The number of benzene rings is 11. The van der Waals surface area contributed by atoms with E-state index in [1.165, 1.54) is 99.4 Å². The van der Waals surface area contributed by atoms with Gasteiger partial charge in [0.2, 0.25) is 0 Å². The zero-order chi connectivity index (χ0) is 45.9. The molecule has 13 aromatic rings. The van der Waals surface area contributed by atoms with Crippen molar-refractivity contribution in [2.45, 2.75) is 5.41 Å². The summed E-state index contributed by atoms with van der Waals surface area (Å²) in [4.78, 5) is 2.50. The van der Waals surface area contributed by atoms with Gasteiger partial charge in [-0.3, -0.25) is 0 Å². The van der Waals surface area contributed by atoms with Gasteiger partial charge >= 0.3 is 0 Å². The molecule has 326 valence electrons. The van der Waals surface area contributed by atoms with E-state index in [2.05, 4.69) is 275 Å². The first-order valence-electron chi connectivity index (χ1n) is 24.3. The largest absolute Gasteiger partial charge is 0.310 e. The van der Waals surface area contributed by atoms with E-state index in [1.807, 2.05) is 0 Å². The van der Waals surface area contributed by atoms with Crippen molar-refractivity contribution in [2.24, 2.45) is 0 Å². The number of hydrogen-bond acceptors (Lipinski definition) is 1. The first-order valence-corrected chi connectivity index (χ1v) is 24.3. The Bertz CT molecular complexity index is 4200. The molecule has 0 radical (unpaired) electrons. The number of aromatic nitrogens is 2. The van der Waals surface area contributed by atoms with Gasteiger partial charge in [-0.1, -0.05) is 194 Å². The Labute approximate surface area is 406 Å². The number of para-hydroxylation sites is 6. The first kappa shape index (κ1) is 38.9. The van der Waals surface area contributed by atoms with Gasteiger partial charge in [0.25, 0.3) is 0 Å². The molecular weight excluding hydrogens is 847 g/mol. The van der Waals surface area contributed by atoms with Crippen molar-refractivity contribution in [1.29, 1.82) is 0 Å². The van der Waals surface area contributed by atoms with Gasteiger partial charge in [-0.25, -0.2) is 0 Å². The lowest BCUT2D eigenvalue weighted by Gasteiger charge is -2.40. The lowest BCUT2D eigenvalue weighted by Crippen LogP contribution is -2.33. The van der Waals surface area contributed by atoms with Crippen molar-refractivity contribution >= 4 is 60.7 Å². The molecule has 0 saturated heterocycles. The summed E-state index contributed by atoms with van der Waals surface area (Å²) in [5.41, 5.74) is 22.4. The third-order valence-electron chi connectivity index (χ3n) is 15.3. The topological polar surface area (TPSA) is 13.1 Å². The van der Waals surface area contributed by atoms with Gasteiger partial charge < -0.3 is 14.0 Å². The average molecular weight is 890 g/mol. The predicted molar refractivity (Wildman–Crippen MR) is 292 cm³/mol. The van der Waals surface area contributed by atoms with E-state index in [-0.39, 0.29) is 0 Å². The summed E-state index contributed by atoms with van der Waals surface area (Å²) in [6.07, 6.45) is 0. The third kappa shape index (κ3) is 5.29. The number of hydrogen-bond donors (Lipinski definition) is 0. The minimum atomic E-state index is -0.589. The second-order valence-corrected chi connectivity index (χ2v) is 18.7. The Morgan fingerprint density at radius 2 is 0.814 bits per heavy atom. The number of rotatable bonds is 6. The van der Waals surface area contributed by atoms with Crippen molar-refractivity contribution < 1.29 is 0 Å². The SMILES string of the molecule is c1ccc(-c2ccccc2-c2ccccc2N(c2ccc(-n3c4ccccc4c4ccccc43)cc2)c2ccc3c(c2)C2(c4ccccc4-3)c3ccccc3-n3c4ccccc4c4cccc2c43)cc1. The predicted octanol–water partition coefficient (Wildman–Crippen LogP) is 17.4. The van der Waals surface area contributed by atoms with E-state index >= 15 is 0 Å². The molecule has 1 aliphatic heterocycles. The van der Waals surface area contributed by atoms with Crippen LogP contribution in [0.15, 0.2) is 261 Å². The molecular formula is C67H43N3. The summed E-state index contributed by atoms with van der Waals surface area (Å²) in [5, 5.41) is 5.06. The molecule has 2 aromatic heterocycles. The van der Waals surface area contributed by atoms with Gasteiger partial charge in [-0.2, -0.15) is 0 Å². The Morgan fingerprint density at radius 3 is 1.56 bits per heavy atom. The standard InChI is InChI=1S/C67H43N3/c1-2-19-44(20-3-1)48-21-4-5-22-49(48)52-24-7-13-32-61(52)68(45-37-39-46(40-38-45)69-62-33-14-8-25-53(62)54-26-9-15-34-63(54)69)47-41-42-51-50-23-6-11-29-57(50)67(60(51)43-47)58-30-12-17-36-65(58)70-64-35-16-10-27-55(64)56-28-18-31-59(67)66(56)70/h1-43H. The first-order chi connectivity index (χ1) is 34.8. The lowest BCUT2D eigenvalue weighted by molar-refractivity contribution is 0.748. The Kier molecular flexibility index (Phi) is 8.28. The highest BCUT2D eigenvalue weighted by Crippen LogP contribution is 2.62. The maximum absolute atomic E-state index is 2.52. The van der Waals surface area contributed by atoms with Crippen LogP contribution < -0.4 is 4.90 Å². The van der Waals surface area contributed by atoms with Gasteiger partial charge in [0.1, 0.15) is 0 Å². The summed E-state index contributed by atoms with van der Waals surface area (Å²) in [6, 6.07) is 96.7. The Hall–Kier alpha value is -9.18. The quantitative estimate of drug-likeness (QED) is 0.162. The van der Waals surface area contributed by atoms with Gasteiger partial charge in [-0.05, 0) is 117 Å². The fraction of sp³-hybridized carbons (Fsp3) is 0.0149. The monoisotopic (exact) mass is 889 g/mol. The number of nitrogens with zero attached hydrogens (tertiary/aromatic N) is 3. The van der Waals surface area contributed by atoms with Gasteiger partial charge in [-0.15, -0.1) is 0 Å². The van der Waals surface area contributed by atoms with Crippen LogP contribution in [-0.2, 0) is 5.41 Å². The molecule has 3 nitrogen and oxygen atoms in total. The van der Waals surface area contributed by atoms with E-state index < -0.39 is 5.41 Å². The molecule has 0 fully saturated rings. The molecule has 1 unspecified atom stereocenters. The van der Waals surface area contributed by atoms with Gasteiger partial charge in [0.15, 0.2) is 0 Å². The summed E-state index contributed by atoms with van der Waals surface area (Å²) in [6.45, 7) is 0. The molecule has 0 amide bonds. The molecule has 3 heterocycles. The van der Waals surface area contributed by atoms with Crippen LogP contribution in [0.5, 0.6) is 0 Å². The van der Waals surface area contributed by atoms with Crippen LogP contribution in [-0.4, -0.2) is 9.13 Å². The van der Waals surface area contributed by atoms with Crippen molar-refractivity contribution in [3.63, 3.8) is 0 Å². The van der Waals surface area contributed by atoms with E-state index in [4.69, 9.17) is 0 Å². The second-order valence-electron chi connectivity index (χ2n) is 18.7. The fourth-order valence-corrected chi connectivity index (χ4v) is 12.6. The minimum absolute atomic E-state index is 0.589. The molecule has 15 rings (SSSR count). The number of anilines is 3. The van der Waals surface area contributed by atoms with Crippen molar-refractivity contribution in [3.8, 4) is 44.8 Å². The van der Waals surface area contributed by atoms with Crippen molar-refractivity contribution in [1.82, 2.24) is 9.13 Å². The summed E-state index contributed by atoms with van der Waals surface area (Å²) in [7, 11) is 0. The molecule has 70 heavy (non-hydrogen) atoms. The highest BCUT2D eigenvalue weighted by atomic mass is 15.1. The average Bonchev–Trinajstić information content (AvgIpc) is 4.06. The van der Waals surface area contributed by atoms with E-state index in [9.17, 15) is 0 Å². The second kappa shape index (κ2) is 14.9. The van der Waals surface area contributed by atoms with E-state index in [0.717, 1.165) is 28.3 Å². The molecule has 1 atom stereocenters. The highest BCUT2D eigenvalue weighted by Gasteiger charge is 2.51. The summed E-state index contributed by atoms with van der Waals surface area (Å²) < 4.78 is 4.93. The van der Waals surface area contributed by atoms with Gasteiger partial charge in [0.05, 0.1) is 38.9 Å².